The predicted octanol–water partition coefficient (Wildman–Crippen LogP) is 3.29. The van der Waals surface area contributed by atoms with E-state index in [1.165, 1.54) is 0 Å². The van der Waals surface area contributed by atoms with Gasteiger partial charge in [0.1, 0.15) is 17.6 Å². The Hall–Kier alpha value is -2.53. The number of benzene rings is 2. The molecule has 1 saturated heterocycles. The van der Waals surface area contributed by atoms with Gasteiger partial charge in [0.05, 0.1) is 6.61 Å². The molecule has 0 aromatic heterocycles. The molecule has 1 aliphatic heterocycles. The molecule has 0 bridgehead atoms. The summed E-state index contributed by atoms with van der Waals surface area (Å²) in [7, 11) is 0. The van der Waals surface area contributed by atoms with Crippen molar-refractivity contribution in [1.82, 2.24) is 10.6 Å². The van der Waals surface area contributed by atoms with Gasteiger partial charge in [0.2, 0.25) is 5.91 Å². The summed E-state index contributed by atoms with van der Waals surface area (Å²) in [6, 6.07) is 17.6. The van der Waals surface area contributed by atoms with E-state index in [-0.39, 0.29) is 5.91 Å². The lowest BCUT2D eigenvalue weighted by Crippen LogP contribution is -2.34. The van der Waals surface area contributed by atoms with Gasteiger partial charge in [-0.15, -0.1) is 0 Å². The number of amides is 1. The monoisotopic (exact) mass is 368 g/mol. The smallest absolute Gasteiger partial charge is 0.220 e. The van der Waals surface area contributed by atoms with Crippen LogP contribution in [0.2, 0.25) is 0 Å². The van der Waals surface area contributed by atoms with Gasteiger partial charge in [-0.3, -0.25) is 4.79 Å². The normalized spacial score (nSPS) is 14.5. The van der Waals surface area contributed by atoms with Crippen molar-refractivity contribution in [3.8, 4) is 11.5 Å². The lowest BCUT2D eigenvalue weighted by atomic mass is 10.1. The van der Waals surface area contributed by atoms with E-state index < -0.39 is 0 Å². The molecule has 0 aliphatic carbocycles. The highest BCUT2D eigenvalue weighted by Crippen LogP contribution is 2.17. The zero-order chi connectivity index (χ0) is 18.7. The Bertz CT molecular complexity index is 682. The lowest BCUT2D eigenvalue weighted by Gasteiger charge is -2.23. The van der Waals surface area contributed by atoms with E-state index in [1.807, 2.05) is 54.6 Å². The van der Waals surface area contributed by atoms with Crippen molar-refractivity contribution in [1.29, 1.82) is 0 Å². The van der Waals surface area contributed by atoms with Crippen molar-refractivity contribution in [3.05, 3.63) is 60.2 Å². The minimum atomic E-state index is 0.0432. The van der Waals surface area contributed by atoms with Crippen LogP contribution in [0.4, 0.5) is 0 Å². The van der Waals surface area contributed by atoms with Gasteiger partial charge >= 0.3 is 0 Å². The average Bonchev–Trinajstić information content (AvgIpc) is 2.72. The van der Waals surface area contributed by atoms with Gasteiger partial charge in [-0.1, -0.05) is 30.3 Å². The third-order valence-electron chi connectivity index (χ3n) is 4.56. The Morgan fingerprint density at radius 2 is 1.74 bits per heavy atom. The minimum Gasteiger partial charge on any atom is -0.494 e. The highest BCUT2D eigenvalue weighted by Gasteiger charge is 2.14. The molecule has 144 valence electrons. The number of hydrogen-bond donors (Lipinski definition) is 2. The fraction of sp³-hybridized carbons (Fsp3) is 0.409. The van der Waals surface area contributed by atoms with E-state index in [0.717, 1.165) is 43.0 Å². The van der Waals surface area contributed by atoms with Gasteiger partial charge < -0.3 is 20.1 Å². The van der Waals surface area contributed by atoms with Crippen LogP contribution >= 0.6 is 0 Å². The first-order chi connectivity index (χ1) is 13.3. The molecular formula is C22H28N2O3. The number of carbonyl (C=O) groups is 1. The summed E-state index contributed by atoms with van der Waals surface area (Å²) >= 11 is 0. The van der Waals surface area contributed by atoms with E-state index in [4.69, 9.17) is 9.47 Å². The Morgan fingerprint density at radius 3 is 2.48 bits per heavy atom. The fourth-order valence-electron chi connectivity index (χ4n) is 3.02. The van der Waals surface area contributed by atoms with E-state index in [0.29, 0.717) is 32.1 Å². The van der Waals surface area contributed by atoms with Crippen LogP contribution in [0.25, 0.3) is 0 Å². The molecule has 0 radical (unpaired) electrons. The lowest BCUT2D eigenvalue weighted by molar-refractivity contribution is -0.121. The Morgan fingerprint density at radius 1 is 1.00 bits per heavy atom. The standard InChI is InChI=1S/C22H28N2O3/c25-22(7-4-16-26-19-5-2-1-3-6-19)24-17-18-8-10-20(11-9-18)27-21-12-14-23-15-13-21/h1-3,5-6,8-11,21,23H,4,7,12-17H2,(H,24,25). The molecule has 1 heterocycles. The molecule has 0 spiro atoms. The summed E-state index contributed by atoms with van der Waals surface area (Å²) in [6.45, 7) is 3.11. The van der Waals surface area contributed by atoms with Crippen LogP contribution in [-0.4, -0.2) is 31.7 Å². The molecule has 3 rings (SSSR count). The molecule has 0 unspecified atom stereocenters. The zero-order valence-electron chi connectivity index (χ0n) is 15.7. The summed E-state index contributed by atoms with van der Waals surface area (Å²) in [4.78, 5) is 12.0. The Balaban J connectivity index is 1.31. The summed E-state index contributed by atoms with van der Waals surface area (Å²) in [6.07, 6.45) is 3.56. The first-order valence-corrected chi connectivity index (χ1v) is 9.70. The number of hydrogen-bond acceptors (Lipinski definition) is 4. The Labute approximate surface area is 161 Å². The number of nitrogens with one attached hydrogen (secondary N) is 2. The van der Waals surface area contributed by atoms with Gasteiger partial charge in [0.15, 0.2) is 0 Å². The minimum absolute atomic E-state index is 0.0432. The molecule has 1 amide bonds. The van der Waals surface area contributed by atoms with E-state index >= 15 is 0 Å². The summed E-state index contributed by atoms with van der Waals surface area (Å²) in [5.41, 5.74) is 1.07. The fourth-order valence-corrected chi connectivity index (χ4v) is 3.02. The van der Waals surface area contributed by atoms with Crippen molar-refractivity contribution >= 4 is 5.91 Å². The molecule has 27 heavy (non-hydrogen) atoms. The van der Waals surface area contributed by atoms with E-state index in [2.05, 4.69) is 10.6 Å². The van der Waals surface area contributed by atoms with Crippen molar-refractivity contribution in [3.63, 3.8) is 0 Å². The summed E-state index contributed by atoms with van der Waals surface area (Å²) in [5.74, 6) is 1.78. The topological polar surface area (TPSA) is 59.6 Å². The number of ether oxygens (including phenoxy) is 2. The van der Waals surface area contributed by atoms with Crippen LogP contribution < -0.4 is 20.1 Å². The van der Waals surface area contributed by atoms with Crippen LogP contribution in [0.3, 0.4) is 0 Å². The molecule has 1 aliphatic rings. The van der Waals surface area contributed by atoms with Crippen molar-refractivity contribution < 1.29 is 14.3 Å². The second kappa shape index (κ2) is 10.6. The second-order valence-corrected chi connectivity index (χ2v) is 6.75. The first-order valence-electron chi connectivity index (χ1n) is 9.70. The van der Waals surface area contributed by atoms with Gasteiger partial charge in [-0.25, -0.2) is 0 Å². The number of rotatable bonds is 9. The third kappa shape index (κ3) is 6.94. The van der Waals surface area contributed by atoms with Crippen molar-refractivity contribution in [2.24, 2.45) is 0 Å². The maximum absolute atomic E-state index is 12.0. The van der Waals surface area contributed by atoms with Crippen molar-refractivity contribution in [2.45, 2.75) is 38.3 Å². The number of carbonyl (C=O) groups excluding carboxylic acids is 1. The van der Waals surface area contributed by atoms with Crippen LogP contribution in [-0.2, 0) is 11.3 Å². The van der Waals surface area contributed by atoms with Crippen LogP contribution in [0.5, 0.6) is 11.5 Å². The predicted molar refractivity (Wildman–Crippen MR) is 106 cm³/mol. The van der Waals surface area contributed by atoms with E-state index in [9.17, 15) is 4.79 Å². The van der Waals surface area contributed by atoms with Crippen molar-refractivity contribution in [2.75, 3.05) is 19.7 Å². The largest absolute Gasteiger partial charge is 0.494 e. The highest BCUT2D eigenvalue weighted by atomic mass is 16.5. The van der Waals surface area contributed by atoms with Crippen LogP contribution in [0.1, 0.15) is 31.2 Å². The SMILES string of the molecule is O=C(CCCOc1ccccc1)NCc1ccc(OC2CCNCC2)cc1. The maximum atomic E-state index is 12.0. The van der Waals surface area contributed by atoms with Gasteiger partial charge in [-0.2, -0.15) is 0 Å². The first kappa shape index (κ1) is 19.2. The molecular weight excluding hydrogens is 340 g/mol. The quantitative estimate of drug-likeness (QED) is 0.667. The summed E-state index contributed by atoms with van der Waals surface area (Å²) < 4.78 is 11.6. The molecule has 5 heteroatoms. The average molecular weight is 368 g/mol. The molecule has 5 nitrogen and oxygen atoms in total. The van der Waals surface area contributed by atoms with Gasteiger partial charge in [-0.05, 0) is 62.2 Å². The highest BCUT2D eigenvalue weighted by molar-refractivity contribution is 5.75. The number of para-hydroxylation sites is 1. The second-order valence-electron chi connectivity index (χ2n) is 6.75. The number of piperidine rings is 1. The molecule has 0 atom stereocenters. The molecule has 0 saturated carbocycles. The summed E-state index contributed by atoms with van der Waals surface area (Å²) in [5, 5.41) is 6.29. The maximum Gasteiger partial charge on any atom is 0.220 e. The van der Waals surface area contributed by atoms with Gasteiger partial charge in [0.25, 0.3) is 0 Å². The molecule has 2 aromatic carbocycles. The molecule has 2 aromatic rings. The van der Waals surface area contributed by atoms with Crippen LogP contribution in [0, 0.1) is 0 Å². The van der Waals surface area contributed by atoms with Gasteiger partial charge in [0, 0.05) is 13.0 Å². The van der Waals surface area contributed by atoms with E-state index in [1.54, 1.807) is 0 Å². The molecule has 2 N–H and O–H groups in total. The Kier molecular flexibility index (Phi) is 7.54. The third-order valence-corrected chi connectivity index (χ3v) is 4.56. The molecule has 1 fully saturated rings. The zero-order valence-corrected chi connectivity index (χ0v) is 15.7. The van der Waals surface area contributed by atoms with Crippen LogP contribution in [0.15, 0.2) is 54.6 Å².